The third kappa shape index (κ3) is 4.35. The molecule has 6 nitrogen and oxygen atoms in total. The summed E-state index contributed by atoms with van der Waals surface area (Å²) in [6.07, 6.45) is 1.53. The number of rotatable bonds is 5. The highest BCUT2D eigenvalue weighted by molar-refractivity contribution is 6.32. The molecule has 3 aromatic rings. The molecule has 0 saturated heterocycles. The fraction of sp³-hybridized carbons (Fsp3) is 0.0500. The van der Waals surface area contributed by atoms with E-state index < -0.39 is 5.91 Å². The van der Waals surface area contributed by atoms with Crippen molar-refractivity contribution < 1.29 is 9.53 Å². The van der Waals surface area contributed by atoms with Crippen LogP contribution in [0.5, 0.6) is 5.75 Å². The van der Waals surface area contributed by atoms with Crippen molar-refractivity contribution in [3.63, 3.8) is 0 Å². The molecule has 0 fully saturated rings. The Morgan fingerprint density at radius 1 is 1.15 bits per heavy atom. The van der Waals surface area contributed by atoms with E-state index in [4.69, 9.17) is 21.6 Å². The van der Waals surface area contributed by atoms with E-state index in [1.54, 1.807) is 55.6 Å². The summed E-state index contributed by atoms with van der Waals surface area (Å²) in [7, 11) is 1.55. The topological polar surface area (TPSA) is 87.0 Å². The lowest BCUT2D eigenvalue weighted by atomic mass is 10.2. The molecular formula is C20H15ClN4O2. The first-order chi connectivity index (χ1) is 13.1. The molecule has 2 aromatic carbocycles. The molecule has 3 rings (SSSR count). The molecule has 134 valence electrons. The first-order valence-corrected chi connectivity index (χ1v) is 8.35. The molecule has 0 atom stereocenters. The van der Waals surface area contributed by atoms with E-state index in [2.05, 4.69) is 15.6 Å². The Morgan fingerprint density at radius 3 is 2.67 bits per heavy atom. The van der Waals surface area contributed by atoms with Gasteiger partial charge in [-0.2, -0.15) is 5.26 Å². The van der Waals surface area contributed by atoms with Gasteiger partial charge >= 0.3 is 0 Å². The number of benzene rings is 2. The van der Waals surface area contributed by atoms with Crippen molar-refractivity contribution in [2.24, 2.45) is 0 Å². The van der Waals surface area contributed by atoms with Gasteiger partial charge in [-0.3, -0.25) is 9.78 Å². The van der Waals surface area contributed by atoms with Gasteiger partial charge in [-0.15, -0.1) is 0 Å². The van der Waals surface area contributed by atoms with Crippen molar-refractivity contribution in [1.82, 2.24) is 4.98 Å². The summed E-state index contributed by atoms with van der Waals surface area (Å²) >= 11 is 6.13. The van der Waals surface area contributed by atoms with Crippen LogP contribution in [0.25, 0.3) is 0 Å². The standard InChI is InChI=1S/C20H15ClN4O2/c1-27-19-7-6-14(10-16(19)21)24-15-8-9-23-18(11-15)20(26)25-17-5-3-2-4-13(17)12-22/h2-11H,1H3,(H,23,24)(H,25,26). The summed E-state index contributed by atoms with van der Waals surface area (Å²) in [5.41, 5.74) is 2.45. The van der Waals surface area contributed by atoms with E-state index in [1.165, 1.54) is 6.20 Å². The van der Waals surface area contributed by atoms with E-state index in [1.807, 2.05) is 12.1 Å². The number of pyridine rings is 1. The first-order valence-electron chi connectivity index (χ1n) is 7.98. The average molecular weight is 379 g/mol. The van der Waals surface area contributed by atoms with Crippen molar-refractivity contribution in [3.8, 4) is 11.8 Å². The summed E-state index contributed by atoms with van der Waals surface area (Å²) in [6, 6.07) is 17.5. The Balaban J connectivity index is 1.78. The molecule has 2 N–H and O–H groups in total. The second kappa shape index (κ2) is 8.21. The maximum atomic E-state index is 12.5. The number of carbonyl (C=O) groups is 1. The molecule has 0 spiro atoms. The normalized spacial score (nSPS) is 9.96. The Bertz CT molecular complexity index is 1030. The van der Waals surface area contributed by atoms with Gasteiger partial charge in [-0.1, -0.05) is 23.7 Å². The summed E-state index contributed by atoms with van der Waals surface area (Å²) in [5.74, 6) is 0.169. The highest BCUT2D eigenvalue weighted by atomic mass is 35.5. The lowest BCUT2D eigenvalue weighted by Crippen LogP contribution is -2.14. The zero-order valence-electron chi connectivity index (χ0n) is 14.4. The predicted molar refractivity (Wildman–Crippen MR) is 105 cm³/mol. The number of nitrogens with zero attached hydrogens (tertiary/aromatic N) is 2. The molecule has 0 aliphatic rings. The van der Waals surface area contributed by atoms with Crippen LogP contribution in [-0.2, 0) is 0 Å². The van der Waals surface area contributed by atoms with Crippen LogP contribution in [0.2, 0.25) is 5.02 Å². The minimum atomic E-state index is -0.408. The van der Waals surface area contributed by atoms with Gasteiger partial charge in [0, 0.05) is 17.6 Å². The maximum Gasteiger partial charge on any atom is 0.274 e. The van der Waals surface area contributed by atoms with Crippen LogP contribution in [-0.4, -0.2) is 18.0 Å². The molecule has 0 radical (unpaired) electrons. The molecule has 0 saturated carbocycles. The second-order valence-corrected chi connectivity index (χ2v) is 5.92. The monoisotopic (exact) mass is 378 g/mol. The third-order valence-electron chi connectivity index (χ3n) is 3.73. The number of ether oxygens (including phenoxy) is 1. The number of anilines is 3. The van der Waals surface area contributed by atoms with E-state index in [0.29, 0.717) is 27.7 Å². The van der Waals surface area contributed by atoms with Gasteiger partial charge < -0.3 is 15.4 Å². The number of aromatic nitrogens is 1. The van der Waals surface area contributed by atoms with Crippen LogP contribution >= 0.6 is 11.6 Å². The predicted octanol–water partition coefficient (Wildman–Crippen LogP) is 4.61. The first kappa shape index (κ1) is 18.2. The number of nitrogens with one attached hydrogen (secondary N) is 2. The van der Waals surface area contributed by atoms with Gasteiger partial charge in [0.05, 0.1) is 23.4 Å². The van der Waals surface area contributed by atoms with Crippen molar-refractivity contribution in [1.29, 1.82) is 5.26 Å². The molecular weight excluding hydrogens is 364 g/mol. The van der Waals surface area contributed by atoms with E-state index in [9.17, 15) is 4.79 Å². The average Bonchev–Trinajstić information content (AvgIpc) is 2.69. The molecule has 0 aliphatic carbocycles. The van der Waals surface area contributed by atoms with Gasteiger partial charge in [0.25, 0.3) is 5.91 Å². The Hall–Kier alpha value is -3.56. The summed E-state index contributed by atoms with van der Waals surface area (Å²) in [5, 5.41) is 15.5. The number of halogens is 1. The summed E-state index contributed by atoms with van der Waals surface area (Å²) < 4.78 is 5.13. The Labute approximate surface area is 161 Å². The molecule has 0 aliphatic heterocycles. The van der Waals surface area contributed by atoms with Crippen molar-refractivity contribution in [2.45, 2.75) is 0 Å². The number of carbonyl (C=O) groups excluding carboxylic acids is 1. The smallest absolute Gasteiger partial charge is 0.274 e. The van der Waals surface area contributed by atoms with Gasteiger partial charge in [0.2, 0.25) is 0 Å². The second-order valence-electron chi connectivity index (χ2n) is 5.52. The van der Waals surface area contributed by atoms with Crippen LogP contribution in [0, 0.1) is 11.3 Å². The lowest BCUT2D eigenvalue weighted by Gasteiger charge is -2.10. The Morgan fingerprint density at radius 2 is 1.93 bits per heavy atom. The highest BCUT2D eigenvalue weighted by Gasteiger charge is 2.11. The van der Waals surface area contributed by atoms with Crippen LogP contribution < -0.4 is 15.4 Å². The van der Waals surface area contributed by atoms with Crippen LogP contribution in [0.3, 0.4) is 0 Å². The van der Waals surface area contributed by atoms with Gasteiger partial charge in [0.1, 0.15) is 17.5 Å². The van der Waals surface area contributed by atoms with Crippen LogP contribution in [0.15, 0.2) is 60.8 Å². The molecule has 0 bridgehead atoms. The zero-order valence-corrected chi connectivity index (χ0v) is 15.1. The fourth-order valence-corrected chi connectivity index (χ4v) is 2.68. The highest BCUT2D eigenvalue weighted by Crippen LogP contribution is 2.29. The minimum absolute atomic E-state index is 0.215. The number of nitriles is 1. The summed E-state index contributed by atoms with van der Waals surface area (Å²) in [6.45, 7) is 0. The lowest BCUT2D eigenvalue weighted by molar-refractivity contribution is 0.102. The third-order valence-corrected chi connectivity index (χ3v) is 4.02. The van der Waals surface area contributed by atoms with Gasteiger partial charge in [-0.05, 0) is 42.5 Å². The number of amides is 1. The number of para-hydroxylation sites is 1. The van der Waals surface area contributed by atoms with Crippen LogP contribution in [0.4, 0.5) is 17.1 Å². The minimum Gasteiger partial charge on any atom is -0.495 e. The maximum absolute atomic E-state index is 12.5. The zero-order chi connectivity index (χ0) is 19.2. The van der Waals surface area contributed by atoms with Gasteiger partial charge in [0.15, 0.2) is 0 Å². The molecule has 1 aromatic heterocycles. The quantitative estimate of drug-likeness (QED) is 0.676. The van der Waals surface area contributed by atoms with E-state index in [-0.39, 0.29) is 5.69 Å². The molecule has 1 heterocycles. The molecule has 7 heteroatoms. The Kier molecular flexibility index (Phi) is 5.55. The number of hydrogen-bond acceptors (Lipinski definition) is 5. The van der Waals surface area contributed by atoms with Gasteiger partial charge in [-0.25, -0.2) is 0 Å². The molecule has 0 unspecified atom stereocenters. The van der Waals surface area contributed by atoms with Crippen molar-refractivity contribution >= 4 is 34.6 Å². The molecule has 27 heavy (non-hydrogen) atoms. The number of methoxy groups -OCH3 is 1. The fourth-order valence-electron chi connectivity index (χ4n) is 2.42. The molecule has 1 amide bonds. The largest absolute Gasteiger partial charge is 0.495 e. The van der Waals surface area contributed by atoms with E-state index in [0.717, 1.165) is 5.69 Å². The summed E-state index contributed by atoms with van der Waals surface area (Å²) in [4.78, 5) is 16.6. The SMILES string of the molecule is COc1ccc(Nc2ccnc(C(=O)Nc3ccccc3C#N)c2)cc1Cl. The van der Waals surface area contributed by atoms with Crippen LogP contribution in [0.1, 0.15) is 16.1 Å². The van der Waals surface area contributed by atoms with Crippen molar-refractivity contribution in [3.05, 3.63) is 77.1 Å². The van der Waals surface area contributed by atoms with E-state index >= 15 is 0 Å². The number of hydrogen-bond donors (Lipinski definition) is 2. The van der Waals surface area contributed by atoms with Crippen molar-refractivity contribution in [2.75, 3.05) is 17.7 Å².